The summed E-state index contributed by atoms with van der Waals surface area (Å²) in [5, 5.41) is 45.2. The van der Waals surface area contributed by atoms with E-state index >= 15 is 0 Å². The van der Waals surface area contributed by atoms with E-state index < -0.39 is 191 Å². The van der Waals surface area contributed by atoms with Gasteiger partial charge in [0.15, 0.2) is 17.9 Å². The largest absolute Gasteiger partial charge is 0.480 e. The van der Waals surface area contributed by atoms with E-state index in [1.54, 1.807) is 0 Å². The number of carboxylic acids is 1. The number of nitrogens with zero attached hydrogens (tertiary/aromatic N) is 3. The van der Waals surface area contributed by atoms with Gasteiger partial charge in [-0.1, -0.05) is 0 Å². The summed E-state index contributed by atoms with van der Waals surface area (Å²) in [6.45, 7) is 16.7. The summed E-state index contributed by atoms with van der Waals surface area (Å²) in [6.07, 6.45) is -0.235. The standard InChI is InChI=1S/C57H103N25O17/c1-23(58)39(83)68-24(2)40(84)69-25(3)41(85)73-30(8)46(90)76-33(11)49(93)81-38(19-16-22-67-57(63)64)53(97)82-37(18-15-21-66-56(61)62)52(96)78-34(12)50(94)80-36(17-14-20-65-55(59)60)51(95)77-32(10)47(91)74-29(7)44(88)71-27(5)42(86)70-26(4)43(87)72-28(6)45(89)75-31(9)48(92)79-35(13)54(98)99/h23-38H,14-22,58H2,1-13H3,(H,68,83)(H,69,84)(H,70,86)(H,71,88)(H,72,87)(H,73,85)(H,74,91)(H,75,89)(H,76,90)(H,77,95)(H,78,96)(H,79,92)(H,80,94)(H,81,93)(H,82,97)(H,98,99)(H4,59,60,65)(H4,61,62,66)(H4,63,64,67)/t23-,24-,25-,26-,27-,28-,29-,30-,31-,32-,33-,34-,35-,36-,37-,38-/m0/s1. The van der Waals surface area contributed by atoms with Crippen LogP contribution in [0, 0.1) is 0 Å². The number of guanidine groups is 3. The van der Waals surface area contributed by atoms with Crippen molar-refractivity contribution in [1.29, 1.82) is 0 Å². The topological polar surface area (TPSA) is 693 Å². The number of rotatable bonds is 43. The van der Waals surface area contributed by atoms with E-state index in [1.807, 2.05) is 0 Å². The molecule has 0 saturated carbocycles. The van der Waals surface area contributed by atoms with Crippen LogP contribution in [0.3, 0.4) is 0 Å². The first-order chi connectivity index (χ1) is 45.9. The molecule has 0 spiro atoms. The predicted molar refractivity (Wildman–Crippen MR) is 358 cm³/mol. The fraction of sp³-hybridized carbons (Fsp3) is 0.667. The molecule has 42 nitrogen and oxygen atoms in total. The summed E-state index contributed by atoms with van der Waals surface area (Å²) in [5.74, 6) is -14.9. The molecule has 0 bridgehead atoms. The summed E-state index contributed by atoms with van der Waals surface area (Å²) in [5.41, 5.74) is 38.4. The van der Waals surface area contributed by atoms with Crippen LogP contribution in [0.15, 0.2) is 15.0 Å². The second kappa shape index (κ2) is 44.2. The minimum Gasteiger partial charge on any atom is -0.480 e. The quantitative estimate of drug-likeness (QED) is 0.0153. The van der Waals surface area contributed by atoms with Gasteiger partial charge in [-0.3, -0.25) is 91.7 Å². The number of hydrogen-bond donors (Lipinski definition) is 23. The average molecular weight is 1410 g/mol. The number of nitrogens with two attached hydrogens (primary N) is 7. The Morgan fingerprint density at radius 2 is 0.404 bits per heavy atom. The van der Waals surface area contributed by atoms with Gasteiger partial charge >= 0.3 is 5.97 Å². The molecular formula is C57H103N25O17. The normalized spacial score (nSPS) is 15.6. The Balaban J connectivity index is 6.22. The molecule has 0 aromatic heterocycles. The molecule has 42 heteroatoms. The highest BCUT2D eigenvalue weighted by Crippen LogP contribution is 2.07. The molecule has 0 aliphatic rings. The van der Waals surface area contributed by atoms with Gasteiger partial charge in [-0.15, -0.1) is 0 Å². The highest BCUT2D eigenvalue weighted by atomic mass is 16.4. The van der Waals surface area contributed by atoms with Gasteiger partial charge in [0.25, 0.3) is 0 Å². The molecule has 558 valence electrons. The number of hydrogen-bond acceptors (Lipinski definition) is 20. The van der Waals surface area contributed by atoms with Crippen molar-refractivity contribution in [2.24, 2.45) is 55.1 Å². The van der Waals surface area contributed by atoms with Crippen molar-refractivity contribution < 1.29 is 81.8 Å². The number of aliphatic imine (C=N–C) groups is 3. The molecule has 0 unspecified atom stereocenters. The van der Waals surface area contributed by atoms with Crippen molar-refractivity contribution in [2.45, 2.75) is 225 Å². The highest BCUT2D eigenvalue weighted by Gasteiger charge is 2.34. The first-order valence-corrected chi connectivity index (χ1v) is 31.6. The zero-order valence-corrected chi connectivity index (χ0v) is 58.0. The van der Waals surface area contributed by atoms with E-state index in [2.05, 4.69) is 94.7 Å². The van der Waals surface area contributed by atoms with Gasteiger partial charge in [-0.2, -0.15) is 0 Å². The lowest BCUT2D eigenvalue weighted by Gasteiger charge is -2.26. The number of carboxylic acid groups (broad SMARTS) is 1. The molecule has 0 aliphatic carbocycles. The third-order valence-electron chi connectivity index (χ3n) is 14.2. The highest BCUT2D eigenvalue weighted by molar-refractivity contribution is 6.00. The van der Waals surface area contributed by atoms with E-state index in [0.717, 1.165) is 0 Å². The summed E-state index contributed by atoms with van der Waals surface area (Å²) < 4.78 is 0. The molecule has 0 rings (SSSR count). The smallest absolute Gasteiger partial charge is 0.325 e. The minimum absolute atomic E-state index is 0.0192. The maximum Gasteiger partial charge on any atom is 0.325 e. The second-order valence-electron chi connectivity index (χ2n) is 23.4. The monoisotopic (exact) mass is 1410 g/mol. The predicted octanol–water partition coefficient (Wildman–Crippen LogP) is -10.9. The van der Waals surface area contributed by atoms with Crippen LogP contribution >= 0.6 is 0 Å². The van der Waals surface area contributed by atoms with Crippen LogP contribution < -0.4 is 120 Å². The van der Waals surface area contributed by atoms with Crippen molar-refractivity contribution in [3.63, 3.8) is 0 Å². The molecule has 0 aromatic rings. The Kier molecular flexibility index (Phi) is 39.4. The van der Waals surface area contributed by atoms with Gasteiger partial charge in [-0.25, -0.2) is 0 Å². The van der Waals surface area contributed by atoms with Gasteiger partial charge in [-0.05, 0) is 129 Å². The average Bonchev–Trinajstić information content (AvgIpc) is 0.888. The summed E-state index contributed by atoms with van der Waals surface area (Å²) >= 11 is 0. The molecular weight excluding hydrogens is 1310 g/mol. The molecule has 99 heavy (non-hydrogen) atoms. The van der Waals surface area contributed by atoms with Crippen molar-refractivity contribution in [3.8, 4) is 0 Å². The van der Waals surface area contributed by atoms with Crippen LogP contribution in [-0.2, 0) is 76.7 Å². The first kappa shape index (κ1) is 88.3. The molecule has 15 amide bonds. The summed E-state index contributed by atoms with van der Waals surface area (Å²) in [4.78, 5) is 220. The fourth-order valence-corrected chi connectivity index (χ4v) is 7.98. The lowest BCUT2D eigenvalue weighted by atomic mass is 10.1. The third kappa shape index (κ3) is 35.2. The van der Waals surface area contributed by atoms with E-state index in [1.165, 1.54) is 90.0 Å². The molecule has 0 saturated heterocycles. The van der Waals surface area contributed by atoms with Crippen LogP contribution in [0.25, 0.3) is 0 Å². The molecule has 0 aromatic carbocycles. The zero-order valence-electron chi connectivity index (χ0n) is 58.0. The van der Waals surface area contributed by atoms with Crippen molar-refractivity contribution in [1.82, 2.24) is 79.8 Å². The number of amides is 15. The molecule has 30 N–H and O–H groups in total. The van der Waals surface area contributed by atoms with Crippen LogP contribution in [0.5, 0.6) is 0 Å². The Morgan fingerprint density at radius 1 is 0.253 bits per heavy atom. The first-order valence-electron chi connectivity index (χ1n) is 31.6. The molecule has 16 atom stereocenters. The molecule has 0 aliphatic heterocycles. The maximum absolute atomic E-state index is 14.2. The van der Waals surface area contributed by atoms with E-state index in [4.69, 9.17) is 45.2 Å². The van der Waals surface area contributed by atoms with Crippen LogP contribution in [0.4, 0.5) is 0 Å². The van der Waals surface area contributed by atoms with Crippen molar-refractivity contribution >= 4 is 112 Å². The van der Waals surface area contributed by atoms with Crippen LogP contribution in [-0.4, -0.2) is 234 Å². The van der Waals surface area contributed by atoms with E-state index in [0.29, 0.717) is 0 Å². The number of aliphatic carboxylic acids is 1. The van der Waals surface area contributed by atoms with Crippen molar-refractivity contribution in [3.05, 3.63) is 0 Å². The number of nitrogens with one attached hydrogen (secondary N) is 15. The lowest BCUT2D eigenvalue weighted by molar-refractivity contribution is -0.141. The van der Waals surface area contributed by atoms with Gasteiger partial charge in [0.1, 0.15) is 90.6 Å². The number of carbonyl (C=O) groups is 16. The Morgan fingerprint density at radius 3 is 0.586 bits per heavy atom. The van der Waals surface area contributed by atoms with Crippen LogP contribution in [0.1, 0.15) is 129 Å². The van der Waals surface area contributed by atoms with Gasteiger partial charge in [0.2, 0.25) is 88.6 Å². The van der Waals surface area contributed by atoms with Gasteiger partial charge < -0.3 is 125 Å². The van der Waals surface area contributed by atoms with E-state index in [9.17, 15) is 76.7 Å². The molecule has 0 fully saturated rings. The lowest BCUT2D eigenvalue weighted by Crippen LogP contribution is -2.59. The second-order valence-corrected chi connectivity index (χ2v) is 23.4. The molecule has 0 heterocycles. The van der Waals surface area contributed by atoms with Crippen molar-refractivity contribution in [2.75, 3.05) is 19.6 Å². The Hall–Kier alpha value is -10.7. The third-order valence-corrected chi connectivity index (χ3v) is 14.2. The van der Waals surface area contributed by atoms with Gasteiger partial charge in [0, 0.05) is 19.6 Å². The molecule has 0 radical (unpaired) electrons. The SMILES string of the molecule is C[C@H](N)C(=O)N[C@@H](C)C(=O)N[C@@H](C)C(=O)N[C@@H](C)C(=O)N[C@@H](C)C(=O)N[C@@H](CCCN=C(N)N)C(=O)N[C@@H](CCCN=C(N)N)C(=O)N[C@@H](C)C(=O)N[C@@H](CCCN=C(N)N)C(=O)N[C@@H](C)C(=O)N[C@@H](C)C(=O)N[C@@H](C)C(=O)N[C@@H](C)C(=O)N[C@@H](C)C(=O)N[C@@H](C)C(=O)N[C@@H](C)C(=O)O. The zero-order chi connectivity index (χ0) is 76.3. The number of carbonyl (C=O) groups excluding carboxylic acids is 15. The van der Waals surface area contributed by atoms with E-state index in [-0.39, 0.29) is 76.0 Å². The fourth-order valence-electron chi connectivity index (χ4n) is 7.98. The van der Waals surface area contributed by atoms with Gasteiger partial charge in [0.05, 0.1) is 6.04 Å². The summed E-state index contributed by atoms with van der Waals surface area (Å²) in [7, 11) is 0. The Bertz CT molecular complexity index is 2950. The Labute approximate surface area is 572 Å². The van der Waals surface area contributed by atoms with Crippen LogP contribution in [0.2, 0.25) is 0 Å². The maximum atomic E-state index is 14.2. The summed E-state index contributed by atoms with van der Waals surface area (Å²) in [6, 6.07) is -20.5. The minimum atomic E-state index is -1.47.